The van der Waals surface area contributed by atoms with Gasteiger partial charge in [-0.2, -0.15) is 0 Å². The van der Waals surface area contributed by atoms with E-state index in [2.05, 4.69) is 0 Å². The normalized spacial score (nSPS) is 14.1. The SMILES string of the molecule is COc1ccc(Cl)cc1CC(F)(CO)C(=O)O. The third-order valence-electron chi connectivity index (χ3n) is 2.35. The van der Waals surface area contributed by atoms with Gasteiger partial charge in [0.05, 0.1) is 13.7 Å². The second-order valence-electron chi connectivity index (χ2n) is 3.56. The number of ether oxygens (including phenoxy) is 1. The molecule has 0 spiro atoms. The summed E-state index contributed by atoms with van der Waals surface area (Å²) in [5, 5.41) is 17.9. The Morgan fingerprint density at radius 3 is 2.71 bits per heavy atom. The Morgan fingerprint density at radius 2 is 2.24 bits per heavy atom. The number of aliphatic hydroxyl groups excluding tert-OH is 1. The average molecular weight is 263 g/mol. The Kier molecular flexibility index (Phi) is 4.31. The highest BCUT2D eigenvalue weighted by Gasteiger charge is 2.39. The monoisotopic (exact) mass is 262 g/mol. The molecule has 0 aliphatic heterocycles. The number of halogens is 2. The van der Waals surface area contributed by atoms with Crippen molar-refractivity contribution < 1.29 is 24.1 Å². The zero-order valence-corrected chi connectivity index (χ0v) is 9.87. The predicted molar refractivity (Wildman–Crippen MR) is 60.3 cm³/mol. The number of hydrogen-bond donors (Lipinski definition) is 2. The lowest BCUT2D eigenvalue weighted by molar-refractivity contribution is -0.153. The quantitative estimate of drug-likeness (QED) is 0.847. The van der Waals surface area contributed by atoms with Gasteiger partial charge in [0, 0.05) is 11.4 Å². The molecule has 0 fully saturated rings. The second kappa shape index (κ2) is 5.33. The van der Waals surface area contributed by atoms with Gasteiger partial charge in [0.2, 0.25) is 5.67 Å². The van der Waals surface area contributed by atoms with Gasteiger partial charge in [-0.05, 0) is 23.8 Å². The number of carboxylic acid groups (broad SMARTS) is 1. The summed E-state index contributed by atoms with van der Waals surface area (Å²) in [6.07, 6.45) is -0.511. The first-order valence-electron chi connectivity index (χ1n) is 4.78. The van der Waals surface area contributed by atoms with Crippen molar-refractivity contribution in [1.29, 1.82) is 0 Å². The van der Waals surface area contributed by atoms with E-state index in [1.54, 1.807) is 6.07 Å². The van der Waals surface area contributed by atoms with Gasteiger partial charge in [-0.1, -0.05) is 11.6 Å². The third kappa shape index (κ3) is 3.08. The second-order valence-corrected chi connectivity index (χ2v) is 4.00. The maximum atomic E-state index is 13.8. The van der Waals surface area contributed by atoms with E-state index in [4.69, 9.17) is 26.6 Å². The van der Waals surface area contributed by atoms with Crippen molar-refractivity contribution in [2.75, 3.05) is 13.7 Å². The molecule has 1 atom stereocenters. The molecule has 0 aliphatic carbocycles. The van der Waals surface area contributed by atoms with Gasteiger partial charge in [-0.25, -0.2) is 9.18 Å². The van der Waals surface area contributed by atoms with Crippen LogP contribution in [0.2, 0.25) is 5.02 Å². The molecule has 0 radical (unpaired) electrons. The molecular formula is C11H12ClFO4. The van der Waals surface area contributed by atoms with Crippen molar-refractivity contribution in [1.82, 2.24) is 0 Å². The Balaban J connectivity index is 3.08. The summed E-state index contributed by atoms with van der Waals surface area (Å²) in [4.78, 5) is 10.7. The third-order valence-corrected chi connectivity index (χ3v) is 2.58. The Bertz CT molecular complexity index is 424. The maximum Gasteiger partial charge on any atom is 0.344 e. The number of carbonyl (C=O) groups is 1. The molecule has 0 amide bonds. The topological polar surface area (TPSA) is 66.8 Å². The van der Waals surface area contributed by atoms with E-state index in [0.717, 1.165) is 0 Å². The molecule has 0 bridgehead atoms. The first-order valence-corrected chi connectivity index (χ1v) is 5.16. The van der Waals surface area contributed by atoms with Crippen molar-refractivity contribution in [3.63, 3.8) is 0 Å². The summed E-state index contributed by atoms with van der Waals surface area (Å²) in [7, 11) is 1.38. The molecule has 4 nitrogen and oxygen atoms in total. The molecule has 94 valence electrons. The molecule has 17 heavy (non-hydrogen) atoms. The van der Waals surface area contributed by atoms with E-state index < -0.39 is 24.7 Å². The van der Waals surface area contributed by atoms with Crippen molar-refractivity contribution in [3.05, 3.63) is 28.8 Å². The lowest BCUT2D eigenvalue weighted by Gasteiger charge is -2.19. The molecule has 2 N–H and O–H groups in total. The first kappa shape index (κ1) is 13.7. The van der Waals surface area contributed by atoms with Gasteiger partial charge >= 0.3 is 5.97 Å². The van der Waals surface area contributed by atoms with E-state index in [-0.39, 0.29) is 0 Å². The fourth-order valence-corrected chi connectivity index (χ4v) is 1.58. The summed E-state index contributed by atoms with van der Waals surface area (Å²) < 4.78 is 18.8. The van der Waals surface area contributed by atoms with Gasteiger partial charge in [-0.15, -0.1) is 0 Å². The Hall–Kier alpha value is -1.33. The highest BCUT2D eigenvalue weighted by atomic mass is 35.5. The summed E-state index contributed by atoms with van der Waals surface area (Å²) in [6.45, 7) is -1.11. The fourth-order valence-electron chi connectivity index (χ4n) is 1.39. The number of rotatable bonds is 5. The Labute approximate surface area is 103 Å². The van der Waals surface area contributed by atoms with Crippen LogP contribution in [-0.4, -0.2) is 35.6 Å². The van der Waals surface area contributed by atoms with E-state index in [1.807, 2.05) is 0 Å². The predicted octanol–water partition coefficient (Wildman–Crippen LogP) is 1.68. The molecule has 0 saturated carbocycles. The zero-order chi connectivity index (χ0) is 13.1. The van der Waals surface area contributed by atoms with Crippen LogP contribution in [-0.2, 0) is 11.2 Å². The standard InChI is InChI=1S/C11H12ClFO4/c1-17-9-3-2-8(12)4-7(9)5-11(13,6-14)10(15)16/h2-4,14H,5-6H2,1H3,(H,15,16). The van der Waals surface area contributed by atoms with Crippen LogP contribution in [0.4, 0.5) is 4.39 Å². The Morgan fingerprint density at radius 1 is 1.59 bits per heavy atom. The highest BCUT2D eigenvalue weighted by molar-refractivity contribution is 6.30. The smallest absolute Gasteiger partial charge is 0.344 e. The van der Waals surface area contributed by atoms with Crippen LogP contribution >= 0.6 is 11.6 Å². The van der Waals surface area contributed by atoms with E-state index in [9.17, 15) is 9.18 Å². The fraction of sp³-hybridized carbons (Fsp3) is 0.364. The summed E-state index contributed by atoms with van der Waals surface area (Å²) >= 11 is 5.74. The van der Waals surface area contributed by atoms with Crippen LogP contribution in [0.1, 0.15) is 5.56 Å². The van der Waals surface area contributed by atoms with Gasteiger partial charge in [0.25, 0.3) is 0 Å². The molecule has 0 aliphatic rings. The van der Waals surface area contributed by atoms with Crippen LogP contribution < -0.4 is 4.74 Å². The first-order chi connectivity index (χ1) is 7.92. The van der Waals surface area contributed by atoms with Gasteiger partial charge in [0.1, 0.15) is 5.75 Å². The molecule has 0 heterocycles. The number of carboxylic acids is 1. The maximum absolute atomic E-state index is 13.8. The van der Waals surface area contributed by atoms with Crippen LogP contribution in [0.25, 0.3) is 0 Å². The van der Waals surface area contributed by atoms with Gasteiger partial charge in [-0.3, -0.25) is 0 Å². The van der Waals surface area contributed by atoms with Gasteiger partial charge < -0.3 is 14.9 Å². The number of aliphatic hydroxyl groups is 1. The molecule has 1 unspecified atom stereocenters. The van der Waals surface area contributed by atoms with E-state index >= 15 is 0 Å². The molecule has 1 aromatic rings. The molecular weight excluding hydrogens is 251 g/mol. The van der Waals surface area contributed by atoms with Crippen molar-refractivity contribution in [2.24, 2.45) is 0 Å². The van der Waals surface area contributed by atoms with E-state index in [1.165, 1.54) is 19.2 Å². The molecule has 1 aromatic carbocycles. The minimum atomic E-state index is -2.74. The van der Waals surface area contributed by atoms with Crippen LogP contribution in [0.5, 0.6) is 5.75 Å². The minimum Gasteiger partial charge on any atom is -0.496 e. The molecule has 6 heteroatoms. The van der Waals surface area contributed by atoms with E-state index in [0.29, 0.717) is 16.3 Å². The van der Waals surface area contributed by atoms with Crippen molar-refractivity contribution in [2.45, 2.75) is 12.1 Å². The van der Waals surface area contributed by atoms with Crippen LogP contribution in [0.3, 0.4) is 0 Å². The number of aliphatic carboxylic acids is 1. The van der Waals surface area contributed by atoms with Crippen molar-refractivity contribution in [3.8, 4) is 5.75 Å². The van der Waals surface area contributed by atoms with Crippen LogP contribution in [0, 0.1) is 0 Å². The number of alkyl halides is 1. The largest absolute Gasteiger partial charge is 0.496 e. The highest BCUT2D eigenvalue weighted by Crippen LogP contribution is 2.28. The zero-order valence-electron chi connectivity index (χ0n) is 9.11. The van der Waals surface area contributed by atoms with Crippen LogP contribution in [0.15, 0.2) is 18.2 Å². The summed E-state index contributed by atoms with van der Waals surface area (Å²) in [5.74, 6) is -1.40. The molecule has 0 aromatic heterocycles. The van der Waals surface area contributed by atoms with Crippen molar-refractivity contribution >= 4 is 17.6 Å². The van der Waals surface area contributed by atoms with Gasteiger partial charge in [0.15, 0.2) is 0 Å². The number of benzene rings is 1. The lowest BCUT2D eigenvalue weighted by Crippen LogP contribution is -2.40. The lowest BCUT2D eigenvalue weighted by atomic mass is 9.96. The average Bonchev–Trinajstić information content (AvgIpc) is 2.29. The number of methoxy groups -OCH3 is 1. The summed E-state index contributed by atoms with van der Waals surface area (Å²) in [5.41, 5.74) is -2.45. The number of hydrogen-bond acceptors (Lipinski definition) is 3. The minimum absolute atomic E-state index is 0.291. The summed E-state index contributed by atoms with van der Waals surface area (Å²) in [6, 6.07) is 4.47. The molecule has 1 rings (SSSR count). The molecule has 0 saturated heterocycles.